The van der Waals surface area contributed by atoms with Gasteiger partial charge in [0.1, 0.15) is 6.10 Å². The molecular weight excluding hydrogens is 143 g/mol. The predicted octanol–water partition coefficient (Wildman–Crippen LogP) is -1.40. The third kappa shape index (κ3) is 0.975. The summed E-state index contributed by atoms with van der Waals surface area (Å²) in [6.07, 6.45) is -4.61. The first-order valence-corrected chi connectivity index (χ1v) is 2.80. The van der Waals surface area contributed by atoms with E-state index in [9.17, 15) is 9.18 Å². The normalized spacial score (nSPS) is 39.9. The molecule has 1 fully saturated rings. The molecule has 10 heavy (non-hydrogen) atoms. The van der Waals surface area contributed by atoms with Crippen LogP contribution < -0.4 is 0 Å². The average Bonchev–Trinajstić information content (AvgIpc) is 2.17. The van der Waals surface area contributed by atoms with Gasteiger partial charge >= 0.3 is 5.97 Å². The van der Waals surface area contributed by atoms with E-state index in [4.69, 9.17) is 10.2 Å². The Morgan fingerprint density at radius 1 is 1.70 bits per heavy atom. The van der Waals surface area contributed by atoms with Crippen molar-refractivity contribution in [3.8, 4) is 0 Å². The Morgan fingerprint density at radius 2 is 2.30 bits per heavy atom. The van der Waals surface area contributed by atoms with Gasteiger partial charge in [-0.25, -0.2) is 9.18 Å². The molecule has 1 aliphatic heterocycles. The maximum Gasteiger partial charge on any atom is 0.344 e. The average molecular weight is 150 g/mol. The van der Waals surface area contributed by atoms with E-state index >= 15 is 0 Å². The van der Waals surface area contributed by atoms with Crippen molar-refractivity contribution in [3.63, 3.8) is 0 Å². The SMILES string of the molecule is O=C1OC(CO)C(O)C1F. The Balaban J connectivity index is 2.61. The highest BCUT2D eigenvalue weighted by molar-refractivity contribution is 5.77. The number of alkyl halides is 1. The Labute approximate surface area is 56.2 Å². The first-order chi connectivity index (χ1) is 4.66. The van der Waals surface area contributed by atoms with Crippen LogP contribution in [0.3, 0.4) is 0 Å². The second-order valence-electron chi connectivity index (χ2n) is 2.05. The number of halogens is 1. The van der Waals surface area contributed by atoms with Crippen LogP contribution in [0.4, 0.5) is 4.39 Å². The third-order valence-electron chi connectivity index (χ3n) is 1.35. The fourth-order valence-corrected chi connectivity index (χ4v) is 0.757. The van der Waals surface area contributed by atoms with Gasteiger partial charge in [-0.15, -0.1) is 0 Å². The van der Waals surface area contributed by atoms with Crippen molar-refractivity contribution in [2.75, 3.05) is 6.61 Å². The van der Waals surface area contributed by atoms with E-state index in [0.717, 1.165) is 0 Å². The lowest BCUT2D eigenvalue weighted by Crippen LogP contribution is -2.30. The summed E-state index contributed by atoms with van der Waals surface area (Å²) in [6.45, 7) is -0.548. The van der Waals surface area contributed by atoms with Crippen LogP contribution in [0, 0.1) is 0 Å². The summed E-state index contributed by atoms with van der Waals surface area (Å²) in [5.41, 5.74) is 0. The first kappa shape index (κ1) is 7.43. The van der Waals surface area contributed by atoms with Crippen LogP contribution in [0.2, 0.25) is 0 Å². The van der Waals surface area contributed by atoms with Crippen molar-refractivity contribution in [2.45, 2.75) is 18.4 Å². The van der Waals surface area contributed by atoms with Gasteiger partial charge < -0.3 is 14.9 Å². The Hall–Kier alpha value is -0.680. The number of hydrogen-bond acceptors (Lipinski definition) is 4. The summed E-state index contributed by atoms with van der Waals surface area (Å²) in [5, 5.41) is 17.1. The van der Waals surface area contributed by atoms with Crippen molar-refractivity contribution >= 4 is 5.97 Å². The van der Waals surface area contributed by atoms with E-state index in [2.05, 4.69) is 4.74 Å². The van der Waals surface area contributed by atoms with E-state index in [1.54, 1.807) is 0 Å². The number of carbonyl (C=O) groups excluding carboxylic acids is 1. The van der Waals surface area contributed by atoms with Crippen LogP contribution in [0.1, 0.15) is 0 Å². The number of cyclic esters (lactones) is 1. The molecule has 0 aromatic heterocycles. The Kier molecular flexibility index (Phi) is 1.87. The molecular formula is C5H7FO4. The quantitative estimate of drug-likeness (QED) is 0.451. The topological polar surface area (TPSA) is 66.8 Å². The van der Waals surface area contributed by atoms with Crippen molar-refractivity contribution in [1.29, 1.82) is 0 Å². The molecule has 0 aliphatic carbocycles. The zero-order chi connectivity index (χ0) is 7.72. The fourth-order valence-electron chi connectivity index (χ4n) is 0.757. The lowest BCUT2D eigenvalue weighted by atomic mass is 10.2. The smallest absolute Gasteiger partial charge is 0.344 e. The van der Waals surface area contributed by atoms with Crippen LogP contribution >= 0.6 is 0 Å². The van der Waals surface area contributed by atoms with Crippen LogP contribution in [0.5, 0.6) is 0 Å². The lowest BCUT2D eigenvalue weighted by molar-refractivity contribution is -0.146. The number of esters is 1. The van der Waals surface area contributed by atoms with E-state index in [1.165, 1.54) is 0 Å². The summed E-state index contributed by atoms with van der Waals surface area (Å²) < 4.78 is 16.5. The molecule has 0 spiro atoms. The highest BCUT2D eigenvalue weighted by atomic mass is 19.1. The molecule has 4 nitrogen and oxygen atoms in total. The van der Waals surface area contributed by atoms with E-state index in [1.807, 2.05) is 0 Å². The number of hydrogen-bond donors (Lipinski definition) is 2. The molecule has 0 aromatic carbocycles. The summed E-state index contributed by atoms with van der Waals surface area (Å²) in [7, 11) is 0. The number of ether oxygens (including phenoxy) is 1. The summed E-state index contributed by atoms with van der Waals surface area (Å²) in [4.78, 5) is 10.3. The van der Waals surface area contributed by atoms with Gasteiger partial charge in [0.2, 0.25) is 6.17 Å². The molecule has 3 atom stereocenters. The molecule has 0 saturated carbocycles. The Bertz CT molecular complexity index is 149. The number of aliphatic hydroxyl groups is 2. The fraction of sp³-hybridized carbons (Fsp3) is 0.800. The van der Waals surface area contributed by atoms with Gasteiger partial charge in [-0.3, -0.25) is 0 Å². The molecule has 3 unspecified atom stereocenters. The molecule has 2 N–H and O–H groups in total. The molecule has 0 bridgehead atoms. The third-order valence-corrected chi connectivity index (χ3v) is 1.35. The molecule has 0 aromatic rings. The highest BCUT2D eigenvalue weighted by Gasteiger charge is 2.43. The minimum Gasteiger partial charge on any atom is -0.455 e. The maximum atomic E-state index is 12.3. The van der Waals surface area contributed by atoms with Crippen LogP contribution in [0.25, 0.3) is 0 Å². The number of aliphatic hydroxyl groups excluding tert-OH is 2. The predicted molar refractivity (Wildman–Crippen MR) is 27.9 cm³/mol. The monoisotopic (exact) mass is 150 g/mol. The zero-order valence-corrected chi connectivity index (χ0v) is 5.03. The molecule has 0 amide bonds. The molecule has 5 heteroatoms. The minimum atomic E-state index is -2.00. The molecule has 1 aliphatic rings. The lowest BCUT2D eigenvalue weighted by Gasteiger charge is -2.07. The second-order valence-corrected chi connectivity index (χ2v) is 2.05. The first-order valence-electron chi connectivity index (χ1n) is 2.80. The van der Waals surface area contributed by atoms with Gasteiger partial charge in [-0.1, -0.05) is 0 Å². The van der Waals surface area contributed by atoms with Gasteiger partial charge in [0.15, 0.2) is 6.10 Å². The molecule has 1 saturated heterocycles. The van der Waals surface area contributed by atoms with Gasteiger partial charge in [-0.05, 0) is 0 Å². The Morgan fingerprint density at radius 3 is 2.50 bits per heavy atom. The van der Waals surface area contributed by atoms with E-state index < -0.39 is 31.0 Å². The zero-order valence-electron chi connectivity index (χ0n) is 5.03. The van der Waals surface area contributed by atoms with E-state index in [-0.39, 0.29) is 0 Å². The summed E-state index contributed by atoms with van der Waals surface area (Å²) >= 11 is 0. The van der Waals surface area contributed by atoms with Crippen molar-refractivity contribution < 1.29 is 24.1 Å². The summed E-state index contributed by atoms with van der Waals surface area (Å²) in [6, 6.07) is 0. The van der Waals surface area contributed by atoms with Crippen molar-refractivity contribution in [1.82, 2.24) is 0 Å². The molecule has 0 radical (unpaired) electrons. The van der Waals surface area contributed by atoms with Crippen molar-refractivity contribution in [2.24, 2.45) is 0 Å². The van der Waals surface area contributed by atoms with E-state index in [0.29, 0.717) is 0 Å². The molecule has 1 heterocycles. The standard InChI is InChI=1S/C5H7FO4/c6-3-4(8)2(1-7)10-5(3)9/h2-4,7-8H,1H2. The number of carbonyl (C=O) groups is 1. The summed E-state index contributed by atoms with van der Waals surface area (Å²) in [5.74, 6) is -1.11. The highest BCUT2D eigenvalue weighted by Crippen LogP contribution is 2.17. The second kappa shape index (κ2) is 2.51. The van der Waals surface area contributed by atoms with Crippen LogP contribution in [0.15, 0.2) is 0 Å². The number of rotatable bonds is 1. The van der Waals surface area contributed by atoms with Gasteiger partial charge in [-0.2, -0.15) is 0 Å². The van der Waals surface area contributed by atoms with Crippen LogP contribution in [-0.2, 0) is 9.53 Å². The van der Waals surface area contributed by atoms with Gasteiger partial charge in [0.25, 0.3) is 0 Å². The van der Waals surface area contributed by atoms with Gasteiger partial charge in [0, 0.05) is 0 Å². The van der Waals surface area contributed by atoms with Gasteiger partial charge in [0.05, 0.1) is 6.61 Å². The van der Waals surface area contributed by atoms with Crippen molar-refractivity contribution in [3.05, 3.63) is 0 Å². The minimum absolute atomic E-state index is 0.548. The maximum absolute atomic E-state index is 12.3. The van der Waals surface area contributed by atoms with Crippen LogP contribution in [-0.4, -0.2) is 41.2 Å². The largest absolute Gasteiger partial charge is 0.455 e. The molecule has 1 rings (SSSR count). The molecule has 58 valence electrons.